The highest BCUT2D eigenvalue weighted by atomic mass is 35.7. The van der Waals surface area contributed by atoms with E-state index in [1.165, 1.54) is 6.92 Å². The van der Waals surface area contributed by atoms with E-state index in [4.69, 9.17) is 10.7 Å². The Balaban J connectivity index is 2.93. The van der Waals surface area contributed by atoms with E-state index >= 15 is 0 Å². The molecule has 0 aliphatic heterocycles. The van der Waals surface area contributed by atoms with Gasteiger partial charge in [-0.2, -0.15) is 0 Å². The summed E-state index contributed by atoms with van der Waals surface area (Å²) in [5.74, 6) is -0.782. The Bertz CT molecular complexity index is 629. The van der Waals surface area contributed by atoms with Crippen molar-refractivity contribution < 1.29 is 17.6 Å². The molecule has 4 nitrogen and oxygen atoms in total. The van der Waals surface area contributed by atoms with E-state index in [0.717, 1.165) is 25.0 Å². The van der Waals surface area contributed by atoms with Crippen LogP contribution in [-0.2, 0) is 9.05 Å². The second kappa shape index (κ2) is 7.22. The average molecular weight is 336 g/mol. The number of rotatable bonds is 6. The molecule has 21 heavy (non-hydrogen) atoms. The summed E-state index contributed by atoms with van der Waals surface area (Å²) in [5.41, 5.74) is 0.131. The fourth-order valence-electron chi connectivity index (χ4n) is 1.95. The van der Waals surface area contributed by atoms with Gasteiger partial charge in [0.15, 0.2) is 0 Å². The number of carbonyl (C=O) groups excluding carboxylic acids is 1. The lowest BCUT2D eigenvalue weighted by molar-refractivity contribution is 0.0951. The summed E-state index contributed by atoms with van der Waals surface area (Å²) in [4.78, 5) is 11.6. The summed E-state index contributed by atoms with van der Waals surface area (Å²) < 4.78 is 36.3. The summed E-state index contributed by atoms with van der Waals surface area (Å²) in [5, 5.41) is 2.66. The Hall–Kier alpha value is -1.14. The van der Waals surface area contributed by atoms with E-state index in [-0.39, 0.29) is 16.0 Å². The molecule has 0 heterocycles. The lowest BCUT2D eigenvalue weighted by Gasteiger charge is -2.11. The number of hydrogen-bond donors (Lipinski definition) is 1. The molecule has 0 atom stereocenters. The first-order chi connectivity index (χ1) is 9.62. The van der Waals surface area contributed by atoms with E-state index < -0.39 is 20.8 Å². The molecule has 118 valence electrons. The minimum absolute atomic E-state index is 0.0150. The number of nitrogens with one attached hydrogen (secondary N) is 1. The molecule has 0 saturated carbocycles. The van der Waals surface area contributed by atoms with Gasteiger partial charge >= 0.3 is 0 Å². The highest BCUT2D eigenvalue weighted by Crippen LogP contribution is 2.24. The van der Waals surface area contributed by atoms with E-state index in [1.807, 2.05) is 0 Å². The quantitative estimate of drug-likeness (QED) is 0.641. The van der Waals surface area contributed by atoms with Crippen LogP contribution in [-0.4, -0.2) is 20.9 Å². The predicted molar refractivity (Wildman–Crippen MR) is 80.6 cm³/mol. The van der Waals surface area contributed by atoms with Gasteiger partial charge in [0.1, 0.15) is 5.82 Å². The zero-order valence-electron chi connectivity index (χ0n) is 12.2. The van der Waals surface area contributed by atoms with Crippen LogP contribution < -0.4 is 5.32 Å². The second-order valence-corrected chi connectivity index (χ2v) is 7.84. The van der Waals surface area contributed by atoms with Gasteiger partial charge in [0.05, 0.1) is 4.90 Å². The Morgan fingerprint density at radius 1 is 1.38 bits per heavy atom. The van der Waals surface area contributed by atoms with Gasteiger partial charge in [-0.05, 0) is 43.4 Å². The number of hydrogen-bond acceptors (Lipinski definition) is 3. The largest absolute Gasteiger partial charge is 0.352 e. The first-order valence-electron chi connectivity index (χ1n) is 6.66. The smallest absolute Gasteiger partial charge is 0.261 e. The first kappa shape index (κ1) is 17.9. The zero-order valence-corrected chi connectivity index (χ0v) is 13.8. The van der Waals surface area contributed by atoms with Crippen molar-refractivity contribution in [3.05, 3.63) is 29.1 Å². The molecule has 0 unspecified atom stereocenters. The molecule has 0 aliphatic carbocycles. The van der Waals surface area contributed by atoms with Gasteiger partial charge in [-0.1, -0.05) is 13.8 Å². The predicted octanol–water partition coefficient (Wildman–Crippen LogP) is 3.23. The summed E-state index contributed by atoms with van der Waals surface area (Å²) in [6.45, 7) is 6.04. The molecule has 0 saturated heterocycles. The summed E-state index contributed by atoms with van der Waals surface area (Å²) in [7, 11) is 1.15. The maximum absolute atomic E-state index is 13.5. The standard InChI is InChI=1S/C14H19ClFNO3S/c1-9(2)5-4-6-17-14(18)12-7-11(16)8-13(10(12)3)21(15,19)20/h7-9H,4-6H2,1-3H3,(H,17,18). The van der Waals surface area contributed by atoms with Crippen LogP contribution in [0.3, 0.4) is 0 Å². The Labute approximate surface area is 129 Å². The summed E-state index contributed by atoms with van der Waals surface area (Å²) in [6.07, 6.45) is 1.77. The highest BCUT2D eigenvalue weighted by Gasteiger charge is 2.20. The van der Waals surface area contributed by atoms with E-state index in [9.17, 15) is 17.6 Å². The van der Waals surface area contributed by atoms with Gasteiger partial charge in [0.25, 0.3) is 15.0 Å². The summed E-state index contributed by atoms with van der Waals surface area (Å²) in [6, 6.07) is 1.83. The topological polar surface area (TPSA) is 63.2 Å². The monoisotopic (exact) mass is 335 g/mol. The van der Waals surface area contributed by atoms with Crippen molar-refractivity contribution in [1.82, 2.24) is 5.32 Å². The second-order valence-electron chi connectivity index (χ2n) is 5.31. The van der Waals surface area contributed by atoms with Crippen molar-refractivity contribution in [2.45, 2.75) is 38.5 Å². The molecule has 1 amide bonds. The molecule has 1 aromatic carbocycles. The maximum Gasteiger partial charge on any atom is 0.261 e. The van der Waals surface area contributed by atoms with Crippen molar-refractivity contribution in [3.8, 4) is 0 Å². The zero-order chi connectivity index (χ0) is 16.2. The van der Waals surface area contributed by atoms with Gasteiger partial charge in [0, 0.05) is 22.8 Å². The van der Waals surface area contributed by atoms with E-state index in [2.05, 4.69) is 19.2 Å². The SMILES string of the molecule is Cc1c(C(=O)NCCCC(C)C)cc(F)cc1S(=O)(=O)Cl. The molecule has 7 heteroatoms. The van der Waals surface area contributed by atoms with Crippen LogP contribution in [0.2, 0.25) is 0 Å². The lowest BCUT2D eigenvalue weighted by Crippen LogP contribution is -2.26. The molecule has 1 N–H and O–H groups in total. The van der Waals surface area contributed by atoms with Crippen LogP contribution in [0.15, 0.2) is 17.0 Å². The minimum Gasteiger partial charge on any atom is -0.352 e. The van der Waals surface area contributed by atoms with Gasteiger partial charge < -0.3 is 5.32 Å². The van der Waals surface area contributed by atoms with Gasteiger partial charge in [-0.15, -0.1) is 0 Å². The third kappa shape index (κ3) is 5.28. The summed E-state index contributed by atoms with van der Waals surface area (Å²) >= 11 is 0. The first-order valence-corrected chi connectivity index (χ1v) is 8.97. The number of carbonyl (C=O) groups is 1. The molecule has 1 aromatic rings. The van der Waals surface area contributed by atoms with E-state index in [1.54, 1.807) is 0 Å². The average Bonchev–Trinajstić information content (AvgIpc) is 2.35. The van der Waals surface area contributed by atoms with Crippen molar-refractivity contribution in [3.63, 3.8) is 0 Å². The van der Waals surface area contributed by atoms with Crippen LogP contribution in [0.5, 0.6) is 0 Å². The Kier molecular flexibility index (Phi) is 6.16. The molecule has 1 rings (SSSR count). The van der Waals surface area contributed by atoms with Crippen LogP contribution in [0.1, 0.15) is 42.6 Å². The number of halogens is 2. The Morgan fingerprint density at radius 3 is 2.52 bits per heavy atom. The third-order valence-corrected chi connectivity index (χ3v) is 4.52. The van der Waals surface area contributed by atoms with Crippen LogP contribution in [0.25, 0.3) is 0 Å². The van der Waals surface area contributed by atoms with Gasteiger partial charge in [-0.3, -0.25) is 4.79 Å². The fraction of sp³-hybridized carbons (Fsp3) is 0.500. The molecule has 0 fully saturated rings. The van der Waals surface area contributed by atoms with Crippen LogP contribution in [0, 0.1) is 18.7 Å². The molecule has 0 spiro atoms. The molecular formula is C14H19ClFNO3S. The maximum atomic E-state index is 13.5. The number of benzene rings is 1. The van der Waals surface area contributed by atoms with Gasteiger partial charge in [-0.25, -0.2) is 12.8 Å². The minimum atomic E-state index is -4.10. The van der Waals surface area contributed by atoms with Crippen LogP contribution in [0.4, 0.5) is 4.39 Å². The lowest BCUT2D eigenvalue weighted by atomic mass is 10.1. The Morgan fingerprint density at radius 2 is 2.00 bits per heavy atom. The van der Waals surface area contributed by atoms with Crippen molar-refractivity contribution in [2.75, 3.05) is 6.54 Å². The van der Waals surface area contributed by atoms with Crippen molar-refractivity contribution in [1.29, 1.82) is 0 Å². The molecule has 0 bridgehead atoms. The van der Waals surface area contributed by atoms with Crippen molar-refractivity contribution in [2.24, 2.45) is 5.92 Å². The molecule has 0 aliphatic rings. The highest BCUT2D eigenvalue weighted by molar-refractivity contribution is 8.13. The molecule has 0 aromatic heterocycles. The fourth-order valence-corrected chi connectivity index (χ4v) is 3.16. The van der Waals surface area contributed by atoms with Gasteiger partial charge in [0.2, 0.25) is 0 Å². The molecule has 0 radical (unpaired) electrons. The normalized spacial score (nSPS) is 11.7. The van der Waals surface area contributed by atoms with Crippen molar-refractivity contribution >= 4 is 25.6 Å². The van der Waals surface area contributed by atoms with E-state index in [0.29, 0.717) is 12.5 Å². The third-order valence-electron chi connectivity index (χ3n) is 3.08. The molecular weight excluding hydrogens is 317 g/mol. The van der Waals surface area contributed by atoms with Crippen LogP contribution >= 0.6 is 10.7 Å². The number of amides is 1.